The van der Waals surface area contributed by atoms with Crippen LogP contribution in [0.15, 0.2) is 30.3 Å². The molecule has 0 aromatic heterocycles. The minimum atomic E-state index is -0.340. The summed E-state index contributed by atoms with van der Waals surface area (Å²) in [4.78, 5) is 2.07. The number of alkyl halides is 1. The molecule has 0 N–H and O–H groups in total. The van der Waals surface area contributed by atoms with Crippen LogP contribution in [0.5, 0.6) is 0 Å². The maximum Gasteiger partial charge on any atom is 0.123 e. The number of hydrogen-bond donors (Lipinski definition) is 0. The summed E-state index contributed by atoms with van der Waals surface area (Å²) < 4.78 is 25.8. The van der Waals surface area contributed by atoms with Gasteiger partial charge in [-0.3, -0.25) is 0 Å². The van der Waals surface area contributed by atoms with E-state index in [4.69, 9.17) is 0 Å². The van der Waals surface area contributed by atoms with E-state index in [9.17, 15) is 8.78 Å². The van der Waals surface area contributed by atoms with Gasteiger partial charge in [-0.15, -0.1) is 0 Å². The summed E-state index contributed by atoms with van der Waals surface area (Å²) in [6, 6.07) is 8.78. The zero-order valence-electron chi connectivity index (χ0n) is 10.3. The molecule has 1 heterocycles. The minimum absolute atomic E-state index is 0.214. The molecule has 0 fully saturated rings. The molecule has 1 aliphatic heterocycles. The summed E-state index contributed by atoms with van der Waals surface area (Å²) in [6.45, 7) is 3.08. The minimum Gasteiger partial charge on any atom is -0.368 e. The van der Waals surface area contributed by atoms with E-state index in [-0.39, 0.29) is 12.5 Å². The molecule has 3 rings (SSSR count). The van der Waals surface area contributed by atoms with Gasteiger partial charge in [0.2, 0.25) is 0 Å². The quantitative estimate of drug-likeness (QED) is 0.778. The molecule has 2 aromatic carbocycles. The second-order valence-electron chi connectivity index (χ2n) is 4.90. The van der Waals surface area contributed by atoms with Gasteiger partial charge in [-0.2, -0.15) is 0 Å². The van der Waals surface area contributed by atoms with Crippen LogP contribution in [0.25, 0.3) is 10.8 Å². The van der Waals surface area contributed by atoms with Crippen molar-refractivity contribution < 1.29 is 8.78 Å². The molecule has 94 valence electrons. The van der Waals surface area contributed by atoms with Crippen LogP contribution in [0.4, 0.5) is 14.5 Å². The lowest BCUT2D eigenvalue weighted by atomic mass is 9.96. The van der Waals surface area contributed by atoms with Gasteiger partial charge < -0.3 is 4.90 Å². The van der Waals surface area contributed by atoms with Gasteiger partial charge in [-0.1, -0.05) is 19.1 Å². The van der Waals surface area contributed by atoms with E-state index in [1.807, 2.05) is 18.2 Å². The molecular formula is C15H15F2N. The number of rotatable bonds is 2. The van der Waals surface area contributed by atoms with Crippen molar-refractivity contribution in [2.75, 3.05) is 24.7 Å². The third kappa shape index (κ3) is 1.65. The molecule has 0 spiro atoms. The molecular weight excluding hydrogens is 232 g/mol. The van der Waals surface area contributed by atoms with Crippen LogP contribution in [0.3, 0.4) is 0 Å². The van der Waals surface area contributed by atoms with Crippen LogP contribution < -0.4 is 4.90 Å². The Balaban J connectivity index is 2.20. The lowest BCUT2D eigenvalue weighted by Gasteiger charge is -2.17. The zero-order chi connectivity index (χ0) is 12.7. The molecule has 0 saturated carbocycles. The van der Waals surface area contributed by atoms with Gasteiger partial charge in [0, 0.05) is 24.7 Å². The van der Waals surface area contributed by atoms with Crippen LogP contribution in [0, 0.1) is 5.82 Å². The Labute approximate surface area is 105 Å². The molecule has 1 atom stereocenters. The molecule has 1 aliphatic rings. The van der Waals surface area contributed by atoms with Crippen LogP contribution in [0.2, 0.25) is 0 Å². The topological polar surface area (TPSA) is 3.24 Å². The van der Waals surface area contributed by atoms with E-state index < -0.39 is 0 Å². The number of nitrogens with zero attached hydrogens (tertiary/aromatic N) is 1. The van der Waals surface area contributed by atoms with Crippen molar-refractivity contribution >= 4 is 16.5 Å². The molecule has 0 bridgehead atoms. The van der Waals surface area contributed by atoms with Gasteiger partial charge in [-0.25, -0.2) is 8.78 Å². The molecule has 2 aromatic rings. The Hall–Kier alpha value is -1.64. The summed E-state index contributed by atoms with van der Waals surface area (Å²) in [5.74, 6) is 0.148. The Morgan fingerprint density at radius 3 is 2.89 bits per heavy atom. The Morgan fingerprint density at radius 2 is 2.11 bits per heavy atom. The highest BCUT2D eigenvalue weighted by atomic mass is 19.1. The lowest BCUT2D eigenvalue weighted by Crippen LogP contribution is -2.23. The second-order valence-corrected chi connectivity index (χ2v) is 4.90. The maximum atomic E-state index is 13.2. The first-order valence-corrected chi connectivity index (χ1v) is 6.24. The predicted molar refractivity (Wildman–Crippen MR) is 70.5 cm³/mol. The van der Waals surface area contributed by atoms with Crippen molar-refractivity contribution in [3.63, 3.8) is 0 Å². The van der Waals surface area contributed by atoms with Crippen molar-refractivity contribution in [2.45, 2.75) is 12.8 Å². The van der Waals surface area contributed by atoms with Crippen molar-refractivity contribution in [2.24, 2.45) is 0 Å². The van der Waals surface area contributed by atoms with Crippen molar-refractivity contribution in [1.82, 2.24) is 0 Å². The molecule has 3 heteroatoms. The number of anilines is 1. The highest BCUT2D eigenvalue weighted by Gasteiger charge is 2.26. The Kier molecular flexibility index (Phi) is 2.69. The summed E-state index contributed by atoms with van der Waals surface area (Å²) in [7, 11) is 0. The molecule has 18 heavy (non-hydrogen) atoms. The lowest BCUT2D eigenvalue weighted by molar-refractivity contribution is 0.491. The monoisotopic (exact) mass is 247 g/mol. The molecule has 1 nitrogen and oxygen atoms in total. The normalized spacial score (nSPS) is 18.4. The highest BCUT2D eigenvalue weighted by molar-refractivity contribution is 5.92. The van der Waals surface area contributed by atoms with Gasteiger partial charge >= 0.3 is 0 Å². The van der Waals surface area contributed by atoms with Crippen LogP contribution in [-0.4, -0.2) is 19.8 Å². The van der Waals surface area contributed by atoms with E-state index in [1.54, 1.807) is 6.07 Å². The third-order valence-corrected chi connectivity index (χ3v) is 3.68. The van der Waals surface area contributed by atoms with E-state index >= 15 is 0 Å². The van der Waals surface area contributed by atoms with E-state index in [0.29, 0.717) is 12.5 Å². The van der Waals surface area contributed by atoms with Gasteiger partial charge in [-0.05, 0) is 34.5 Å². The average molecular weight is 247 g/mol. The van der Waals surface area contributed by atoms with Gasteiger partial charge in [0.25, 0.3) is 0 Å². The maximum absolute atomic E-state index is 13.2. The largest absolute Gasteiger partial charge is 0.368 e. The first-order valence-electron chi connectivity index (χ1n) is 6.24. The molecule has 1 unspecified atom stereocenters. The van der Waals surface area contributed by atoms with Crippen molar-refractivity contribution in [3.8, 4) is 0 Å². The smallest absolute Gasteiger partial charge is 0.123 e. The number of hydrogen-bond acceptors (Lipinski definition) is 1. The molecule has 0 amide bonds. The zero-order valence-corrected chi connectivity index (χ0v) is 10.3. The summed E-state index contributed by atoms with van der Waals surface area (Å²) >= 11 is 0. The number of benzene rings is 2. The first-order chi connectivity index (χ1) is 8.70. The summed E-state index contributed by atoms with van der Waals surface area (Å²) in [6.07, 6.45) is 0. The highest BCUT2D eigenvalue weighted by Crippen LogP contribution is 2.40. The molecule has 0 saturated heterocycles. The molecule has 0 radical (unpaired) electrons. The van der Waals surface area contributed by atoms with Crippen molar-refractivity contribution in [1.29, 1.82) is 0 Å². The van der Waals surface area contributed by atoms with Crippen LogP contribution >= 0.6 is 0 Å². The Morgan fingerprint density at radius 1 is 1.28 bits per heavy atom. The SMILES string of the molecule is CC1CN(CCF)c2ccc3cc(F)ccc3c21. The Bertz CT molecular complexity index is 594. The van der Waals surface area contributed by atoms with Gasteiger partial charge in [0.15, 0.2) is 0 Å². The average Bonchev–Trinajstić information content (AvgIpc) is 2.67. The standard InChI is InChI=1S/C15H15F2N/c1-10-9-18(7-6-16)14-5-2-11-8-12(17)3-4-13(11)15(10)14/h2-5,8,10H,6-7,9H2,1H3. The third-order valence-electron chi connectivity index (χ3n) is 3.68. The fourth-order valence-electron chi connectivity index (χ4n) is 2.94. The molecule has 0 aliphatic carbocycles. The van der Waals surface area contributed by atoms with E-state index in [1.165, 1.54) is 11.6 Å². The first kappa shape index (κ1) is 11.5. The fraction of sp³-hybridized carbons (Fsp3) is 0.333. The summed E-state index contributed by atoms with van der Waals surface area (Å²) in [5.41, 5.74) is 2.32. The van der Waals surface area contributed by atoms with Crippen LogP contribution in [0.1, 0.15) is 18.4 Å². The summed E-state index contributed by atoms with van der Waals surface area (Å²) in [5, 5.41) is 2.01. The predicted octanol–water partition coefficient (Wildman–Crippen LogP) is 3.87. The van der Waals surface area contributed by atoms with Crippen LogP contribution in [-0.2, 0) is 0 Å². The van der Waals surface area contributed by atoms with Gasteiger partial charge in [0.05, 0.1) is 0 Å². The van der Waals surface area contributed by atoms with Gasteiger partial charge in [0.1, 0.15) is 12.5 Å². The van der Waals surface area contributed by atoms with E-state index in [0.717, 1.165) is 23.0 Å². The van der Waals surface area contributed by atoms with Crippen molar-refractivity contribution in [3.05, 3.63) is 41.7 Å². The van der Waals surface area contributed by atoms with E-state index in [2.05, 4.69) is 11.8 Å². The fourth-order valence-corrected chi connectivity index (χ4v) is 2.94. The number of halogens is 2. The number of fused-ring (bicyclic) bond motifs is 3. The second kappa shape index (κ2) is 4.23.